The molecule has 0 aromatic heterocycles. The van der Waals surface area contributed by atoms with E-state index in [1.807, 2.05) is 22.6 Å². The third-order valence-corrected chi connectivity index (χ3v) is 2.34. The summed E-state index contributed by atoms with van der Waals surface area (Å²) in [7, 11) is 0. The largest absolute Gasteiger partial charge is 0.478 e. The molecule has 1 N–H and O–H groups in total. The van der Waals surface area contributed by atoms with Gasteiger partial charge >= 0.3 is 11.9 Å². The summed E-state index contributed by atoms with van der Waals surface area (Å²) < 4.78 is 5.30. The van der Waals surface area contributed by atoms with Crippen LogP contribution in [0.2, 0.25) is 0 Å². The first-order chi connectivity index (χ1) is 6.52. The van der Waals surface area contributed by atoms with Gasteiger partial charge in [-0.15, -0.1) is 0 Å². The molecule has 0 aliphatic heterocycles. The Bertz CT molecular complexity index is 386. The van der Waals surface area contributed by atoms with E-state index >= 15 is 0 Å². The monoisotopic (exact) mass is 306 g/mol. The van der Waals surface area contributed by atoms with Crippen molar-refractivity contribution in [3.63, 3.8) is 0 Å². The molecule has 0 bridgehead atoms. The van der Waals surface area contributed by atoms with Crippen molar-refractivity contribution in [2.24, 2.45) is 0 Å². The minimum atomic E-state index is -1.11. The molecule has 0 fully saturated rings. The van der Waals surface area contributed by atoms with Crippen molar-refractivity contribution in [1.82, 2.24) is 0 Å². The van der Waals surface area contributed by atoms with Gasteiger partial charge in [-0.1, -0.05) is 6.07 Å². The van der Waals surface area contributed by atoms with Crippen molar-refractivity contribution in [2.45, 2.75) is 6.92 Å². The smallest absolute Gasteiger partial charge is 0.340 e. The van der Waals surface area contributed by atoms with Crippen molar-refractivity contribution in [3.05, 3.63) is 27.3 Å². The van der Waals surface area contributed by atoms with Crippen LogP contribution in [0.1, 0.15) is 17.3 Å². The SMILES string of the molecule is CC(=O)Oc1cccc(I)c1C(=O)O. The molecule has 0 saturated carbocycles. The zero-order valence-corrected chi connectivity index (χ0v) is 9.44. The molecule has 4 nitrogen and oxygen atoms in total. The van der Waals surface area contributed by atoms with Gasteiger partial charge in [0.15, 0.2) is 0 Å². The molecule has 1 rings (SSSR count). The summed E-state index contributed by atoms with van der Waals surface area (Å²) in [5, 5.41) is 8.86. The lowest BCUT2D eigenvalue weighted by Crippen LogP contribution is -2.08. The molecule has 0 saturated heterocycles. The van der Waals surface area contributed by atoms with Crippen LogP contribution in [0.25, 0.3) is 0 Å². The number of carbonyl (C=O) groups is 2. The summed E-state index contributed by atoms with van der Waals surface area (Å²) in [4.78, 5) is 21.5. The Morgan fingerprint density at radius 3 is 2.57 bits per heavy atom. The number of carboxylic acids is 1. The van der Waals surface area contributed by atoms with Crippen LogP contribution in [0.15, 0.2) is 18.2 Å². The summed E-state index contributed by atoms with van der Waals surface area (Å²) in [6.45, 7) is 1.23. The second-order valence-electron chi connectivity index (χ2n) is 2.51. The Hall–Kier alpha value is -1.11. The van der Waals surface area contributed by atoms with E-state index in [9.17, 15) is 9.59 Å². The number of hydrogen-bond donors (Lipinski definition) is 1. The van der Waals surface area contributed by atoms with Gasteiger partial charge in [0.05, 0.1) is 0 Å². The molecule has 0 radical (unpaired) electrons. The highest BCUT2D eigenvalue weighted by atomic mass is 127. The number of carboxylic acid groups (broad SMARTS) is 1. The lowest BCUT2D eigenvalue weighted by atomic mass is 10.2. The van der Waals surface area contributed by atoms with Crippen LogP contribution in [-0.2, 0) is 4.79 Å². The van der Waals surface area contributed by atoms with Crippen molar-refractivity contribution >= 4 is 34.5 Å². The van der Waals surface area contributed by atoms with E-state index in [2.05, 4.69) is 0 Å². The third kappa shape index (κ3) is 2.44. The van der Waals surface area contributed by atoms with E-state index in [4.69, 9.17) is 9.84 Å². The molecule has 0 aliphatic rings. The Balaban J connectivity index is 3.21. The highest BCUT2D eigenvalue weighted by molar-refractivity contribution is 14.1. The summed E-state index contributed by atoms with van der Waals surface area (Å²) in [5.41, 5.74) is 0.0169. The second-order valence-corrected chi connectivity index (χ2v) is 3.67. The molecule has 0 unspecified atom stereocenters. The average Bonchev–Trinajstić information content (AvgIpc) is 2.01. The summed E-state index contributed by atoms with van der Waals surface area (Å²) in [5.74, 6) is -1.56. The molecule has 0 amide bonds. The summed E-state index contributed by atoms with van der Waals surface area (Å²) >= 11 is 1.88. The van der Waals surface area contributed by atoms with Gasteiger partial charge in [-0.3, -0.25) is 4.79 Å². The molecular formula is C9H7IO4. The zero-order valence-electron chi connectivity index (χ0n) is 7.28. The van der Waals surface area contributed by atoms with E-state index < -0.39 is 11.9 Å². The van der Waals surface area contributed by atoms with Crippen LogP contribution in [0, 0.1) is 3.57 Å². The fourth-order valence-corrected chi connectivity index (χ4v) is 1.66. The van der Waals surface area contributed by atoms with E-state index in [-0.39, 0.29) is 11.3 Å². The lowest BCUT2D eigenvalue weighted by Gasteiger charge is -2.06. The lowest BCUT2D eigenvalue weighted by molar-refractivity contribution is -0.131. The van der Waals surface area contributed by atoms with E-state index in [0.29, 0.717) is 3.57 Å². The van der Waals surface area contributed by atoms with Gasteiger partial charge in [-0.2, -0.15) is 0 Å². The molecule has 5 heteroatoms. The van der Waals surface area contributed by atoms with Crippen LogP contribution in [-0.4, -0.2) is 17.0 Å². The topological polar surface area (TPSA) is 63.6 Å². The van der Waals surface area contributed by atoms with Crippen LogP contribution in [0.3, 0.4) is 0 Å². The molecule has 0 spiro atoms. The average molecular weight is 306 g/mol. The van der Waals surface area contributed by atoms with Gasteiger partial charge in [0, 0.05) is 10.5 Å². The fourth-order valence-electron chi connectivity index (χ4n) is 0.952. The molecule has 1 aromatic rings. The fraction of sp³-hybridized carbons (Fsp3) is 0.111. The zero-order chi connectivity index (χ0) is 10.7. The van der Waals surface area contributed by atoms with Crippen molar-refractivity contribution < 1.29 is 19.4 Å². The van der Waals surface area contributed by atoms with Crippen LogP contribution < -0.4 is 4.74 Å². The van der Waals surface area contributed by atoms with Gasteiger partial charge in [-0.25, -0.2) is 4.79 Å². The van der Waals surface area contributed by atoms with Crippen LogP contribution in [0.4, 0.5) is 0 Å². The normalized spacial score (nSPS) is 9.57. The maximum Gasteiger partial charge on any atom is 0.340 e. The second kappa shape index (κ2) is 4.41. The first-order valence-corrected chi connectivity index (χ1v) is 4.80. The highest BCUT2D eigenvalue weighted by Gasteiger charge is 2.15. The van der Waals surface area contributed by atoms with Gasteiger partial charge in [-0.05, 0) is 34.7 Å². The van der Waals surface area contributed by atoms with E-state index in [0.717, 1.165) is 0 Å². The maximum atomic E-state index is 10.8. The van der Waals surface area contributed by atoms with Gasteiger partial charge < -0.3 is 9.84 Å². The molecule has 0 aliphatic carbocycles. The van der Waals surface area contributed by atoms with Crippen LogP contribution >= 0.6 is 22.6 Å². The Morgan fingerprint density at radius 2 is 2.07 bits per heavy atom. The van der Waals surface area contributed by atoms with Crippen molar-refractivity contribution in [2.75, 3.05) is 0 Å². The summed E-state index contributed by atoms with van der Waals surface area (Å²) in [6.07, 6.45) is 0. The molecule has 14 heavy (non-hydrogen) atoms. The van der Waals surface area contributed by atoms with E-state index in [1.165, 1.54) is 13.0 Å². The number of benzene rings is 1. The van der Waals surface area contributed by atoms with Gasteiger partial charge in [0.25, 0.3) is 0 Å². The third-order valence-electron chi connectivity index (χ3n) is 1.44. The first kappa shape index (κ1) is 11.0. The number of rotatable bonds is 2. The Kier molecular flexibility index (Phi) is 3.45. The minimum absolute atomic E-state index is 0.0169. The first-order valence-electron chi connectivity index (χ1n) is 3.72. The molecule has 0 heterocycles. The number of halogens is 1. The highest BCUT2D eigenvalue weighted by Crippen LogP contribution is 2.23. The Labute approximate surface area is 94.0 Å². The molecule has 1 aromatic carbocycles. The maximum absolute atomic E-state index is 10.8. The Morgan fingerprint density at radius 1 is 1.43 bits per heavy atom. The summed E-state index contributed by atoms with van der Waals surface area (Å²) in [6, 6.07) is 4.72. The minimum Gasteiger partial charge on any atom is -0.478 e. The predicted octanol–water partition coefficient (Wildman–Crippen LogP) is 1.91. The molecule has 0 atom stereocenters. The number of esters is 1. The van der Waals surface area contributed by atoms with Gasteiger partial charge in [0.1, 0.15) is 11.3 Å². The van der Waals surface area contributed by atoms with Gasteiger partial charge in [0.2, 0.25) is 0 Å². The molecular weight excluding hydrogens is 299 g/mol. The van der Waals surface area contributed by atoms with Crippen LogP contribution in [0.5, 0.6) is 5.75 Å². The number of hydrogen-bond acceptors (Lipinski definition) is 3. The van der Waals surface area contributed by atoms with Crippen molar-refractivity contribution in [1.29, 1.82) is 0 Å². The number of ether oxygens (including phenoxy) is 1. The van der Waals surface area contributed by atoms with Crippen molar-refractivity contribution in [3.8, 4) is 5.75 Å². The molecule has 74 valence electrons. The predicted molar refractivity (Wildman–Crippen MR) is 57.4 cm³/mol. The number of carbonyl (C=O) groups excluding carboxylic acids is 1. The quantitative estimate of drug-likeness (QED) is 0.515. The van der Waals surface area contributed by atoms with E-state index in [1.54, 1.807) is 12.1 Å². The number of aromatic carboxylic acids is 1. The standard InChI is InChI=1S/C9H7IO4/c1-5(11)14-7-4-2-3-6(10)8(7)9(12)13/h2-4H,1H3,(H,12,13).